The molecule has 0 aromatic rings. The number of rotatable bonds is 4. The van der Waals surface area contributed by atoms with Crippen molar-refractivity contribution in [3.63, 3.8) is 0 Å². The van der Waals surface area contributed by atoms with Crippen LogP contribution in [-0.2, 0) is 0 Å². The van der Waals surface area contributed by atoms with Crippen LogP contribution >= 0.6 is 11.8 Å². The van der Waals surface area contributed by atoms with Gasteiger partial charge in [-0.15, -0.1) is 0 Å². The zero-order chi connectivity index (χ0) is 8.10. The molecule has 2 N–H and O–H groups in total. The quantitative estimate of drug-likeness (QED) is 0.706. The average Bonchev–Trinajstić information content (AvgIpc) is 2.39. The lowest BCUT2D eigenvalue weighted by Gasteiger charge is -2.09. The Labute approximate surface area is 74.1 Å². The molecule has 0 amide bonds. The second-order valence-corrected chi connectivity index (χ2v) is 4.95. The first-order valence-electron chi connectivity index (χ1n) is 4.66. The summed E-state index contributed by atoms with van der Waals surface area (Å²) in [6, 6.07) is 0.393. The highest BCUT2D eigenvalue weighted by atomic mass is 32.2. The summed E-state index contributed by atoms with van der Waals surface area (Å²) < 4.78 is 0. The van der Waals surface area contributed by atoms with Crippen LogP contribution in [0.2, 0.25) is 0 Å². The summed E-state index contributed by atoms with van der Waals surface area (Å²) in [5.41, 5.74) is 5.66. The molecular weight excluding hydrogens is 154 g/mol. The third kappa shape index (κ3) is 4.02. The minimum atomic E-state index is 0.393. The van der Waals surface area contributed by atoms with Crippen LogP contribution in [0, 0.1) is 0 Å². The molecule has 1 aliphatic carbocycles. The van der Waals surface area contributed by atoms with Crippen LogP contribution in [0.4, 0.5) is 0 Å². The number of nitrogens with two attached hydrogens (primary N) is 1. The molecule has 0 aromatic heterocycles. The van der Waals surface area contributed by atoms with Crippen molar-refractivity contribution in [3.05, 3.63) is 0 Å². The van der Waals surface area contributed by atoms with Gasteiger partial charge in [-0.1, -0.05) is 12.8 Å². The van der Waals surface area contributed by atoms with Gasteiger partial charge in [0, 0.05) is 11.3 Å². The van der Waals surface area contributed by atoms with E-state index in [1.54, 1.807) is 0 Å². The van der Waals surface area contributed by atoms with Crippen molar-refractivity contribution in [3.8, 4) is 0 Å². The van der Waals surface area contributed by atoms with E-state index in [1.165, 1.54) is 37.9 Å². The summed E-state index contributed by atoms with van der Waals surface area (Å²) in [6.07, 6.45) is 6.99. The van der Waals surface area contributed by atoms with Crippen LogP contribution in [0.25, 0.3) is 0 Å². The van der Waals surface area contributed by atoms with Gasteiger partial charge in [-0.25, -0.2) is 0 Å². The van der Waals surface area contributed by atoms with E-state index >= 15 is 0 Å². The molecule has 0 saturated heterocycles. The highest BCUT2D eigenvalue weighted by molar-refractivity contribution is 7.99. The first kappa shape index (κ1) is 9.40. The van der Waals surface area contributed by atoms with Crippen LogP contribution in [0.15, 0.2) is 0 Å². The minimum Gasteiger partial charge on any atom is -0.328 e. The number of thioether (sulfide) groups is 1. The van der Waals surface area contributed by atoms with Gasteiger partial charge in [-0.2, -0.15) is 11.8 Å². The Balaban J connectivity index is 1.94. The molecule has 0 heterocycles. The van der Waals surface area contributed by atoms with Crippen LogP contribution in [0.1, 0.15) is 39.0 Å². The lowest BCUT2D eigenvalue weighted by molar-refractivity contribution is 0.719. The topological polar surface area (TPSA) is 26.0 Å². The van der Waals surface area contributed by atoms with Gasteiger partial charge in [0.1, 0.15) is 0 Å². The molecule has 0 radical (unpaired) electrons. The number of hydrogen-bond acceptors (Lipinski definition) is 2. The van der Waals surface area contributed by atoms with E-state index in [1.807, 2.05) is 0 Å². The molecule has 1 nitrogen and oxygen atoms in total. The fourth-order valence-corrected chi connectivity index (χ4v) is 2.98. The first-order chi connectivity index (χ1) is 5.29. The molecule has 1 atom stereocenters. The molecule has 0 spiro atoms. The van der Waals surface area contributed by atoms with Crippen LogP contribution in [0.3, 0.4) is 0 Å². The first-order valence-corrected chi connectivity index (χ1v) is 5.71. The molecule has 2 heteroatoms. The molecule has 1 rings (SSSR count). The summed E-state index contributed by atoms with van der Waals surface area (Å²) in [5.74, 6) is 1.27. The second kappa shape index (κ2) is 5.04. The molecule has 1 saturated carbocycles. The van der Waals surface area contributed by atoms with Gasteiger partial charge in [-0.05, 0) is 31.9 Å². The second-order valence-electron chi connectivity index (χ2n) is 3.54. The van der Waals surface area contributed by atoms with Crippen molar-refractivity contribution in [1.82, 2.24) is 0 Å². The lowest BCUT2D eigenvalue weighted by Crippen LogP contribution is -2.15. The Hall–Kier alpha value is 0.310. The molecule has 11 heavy (non-hydrogen) atoms. The summed E-state index contributed by atoms with van der Waals surface area (Å²) in [7, 11) is 0. The van der Waals surface area contributed by atoms with Gasteiger partial charge in [0.25, 0.3) is 0 Å². The molecule has 1 fully saturated rings. The summed E-state index contributed by atoms with van der Waals surface area (Å²) in [4.78, 5) is 0. The summed E-state index contributed by atoms with van der Waals surface area (Å²) >= 11 is 2.13. The van der Waals surface area contributed by atoms with Gasteiger partial charge < -0.3 is 5.73 Å². The van der Waals surface area contributed by atoms with E-state index in [0.717, 1.165) is 5.25 Å². The molecule has 0 bridgehead atoms. The van der Waals surface area contributed by atoms with Gasteiger partial charge in [0.15, 0.2) is 0 Å². The minimum absolute atomic E-state index is 0.393. The summed E-state index contributed by atoms with van der Waals surface area (Å²) in [6.45, 7) is 2.09. The maximum absolute atomic E-state index is 5.66. The van der Waals surface area contributed by atoms with Crippen LogP contribution in [0.5, 0.6) is 0 Å². The van der Waals surface area contributed by atoms with Gasteiger partial charge in [0.2, 0.25) is 0 Å². The fraction of sp³-hybridized carbons (Fsp3) is 1.00. The van der Waals surface area contributed by atoms with Crippen molar-refractivity contribution in [2.75, 3.05) is 5.75 Å². The molecular formula is C9H19NS. The normalized spacial score (nSPS) is 22.4. The Morgan fingerprint density at radius 2 is 2.09 bits per heavy atom. The SMILES string of the molecule is CC(N)CCSC1CCCC1. The predicted molar refractivity (Wildman–Crippen MR) is 53.0 cm³/mol. The van der Waals surface area contributed by atoms with Crippen molar-refractivity contribution >= 4 is 11.8 Å². The van der Waals surface area contributed by atoms with Gasteiger partial charge >= 0.3 is 0 Å². The van der Waals surface area contributed by atoms with Crippen LogP contribution in [-0.4, -0.2) is 17.0 Å². The molecule has 0 aromatic carbocycles. The van der Waals surface area contributed by atoms with Crippen LogP contribution < -0.4 is 5.73 Å². The monoisotopic (exact) mass is 173 g/mol. The standard InChI is InChI=1S/C9H19NS/c1-8(10)6-7-11-9-4-2-3-5-9/h8-9H,2-7,10H2,1H3. The predicted octanol–water partition coefficient (Wildman–Crippen LogP) is 2.40. The Morgan fingerprint density at radius 1 is 1.45 bits per heavy atom. The molecule has 66 valence electrons. The maximum Gasteiger partial charge on any atom is 0.00470 e. The molecule has 1 aliphatic rings. The Kier molecular flexibility index (Phi) is 4.31. The smallest absolute Gasteiger partial charge is 0.00470 e. The average molecular weight is 173 g/mol. The zero-order valence-electron chi connectivity index (χ0n) is 7.38. The van der Waals surface area contributed by atoms with Crippen molar-refractivity contribution < 1.29 is 0 Å². The molecule has 0 aliphatic heterocycles. The Bertz CT molecular complexity index is 97.7. The third-order valence-electron chi connectivity index (χ3n) is 2.23. The highest BCUT2D eigenvalue weighted by Crippen LogP contribution is 2.29. The fourth-order valence-electron chi connectivity index (χ4n) is 1.48. The van der Waals surface area contributed by atoms with E-state index in [4.69, 9.17) is 5.73 Å². The van der Waals surface area contributed by atoms with E-state index in [9.17, 15) is 0 Å². The Morgan fingerprint density at radius 3 is 2.64 bits per heavy atom. The van der Waals surface area contributed by atoms with Crippen molar-refractivity contribution in [1.29, 1.82) is 0 Å². The summed E-state index contributed by atoms with van der Waals surface area (Å²) in [5, 5.41) is 0.966. The van der Waals surface area contributed by atoms with E-state index in [2.05, 4.69) is 18.7 Å². The number of hydrogen-bond donors (Lipinski definition) is 1. The van der Waals surface area contributed by atoms with E-state index in [0.29, 0.717) is 6.04 Å². The highest BCUT2D eigenvalue weighted by Gasteiger charge is 2.14. The maximum atomic E-state index is 5.66. The van der Waals surface area contributed by atoms with E-state index < -0.39 is 0 Å². The van der Waals surface area contributed by atoms with E-state index in [-0.39, 0.29) is 0 Å². The molecule has 1 unspecified atom stereocenters. The van der Waals surface area contributed by atoms with Gasteiger partial charge in [0.05, 0.1) is 0 Å². The zero-order valence-corrected chi connectivity index (χ0v) is 8.20. The third-order valence-corrected chi connectivity index (χ3v) is 3.64. The lowest BCUT2D eigenvalue weighted by atomic mass is 10.3. The van der Waals surface area contributed by atoms with Crippen molar-refractivity contribution in [2.24, 2.45) is 5.73 Å². The largest absolute Gasteiger partial charge is 0.328 e. The van der Waals surface area contributed by atoms with Crippen molar-refractivity contribution in [2.45, 2.75) is 50.3 Å². The van der Waals surface area contributed by atoms with Gasteiger partial charge in [-0.3, -0.25) is 0 Å².